The minimum absolute atomic E-state index is 0.0278. The number of nitrogens with one attached hydrogen (secondary N) is 1. The molecule has 0 unspecified atom stereocenters. The van der Waals surface area contributed by atoms with E-state index in [1.54, 1.807) is 21.6 Å². The maximum absolute atomic E-state index is 11.1. The van der Waals surface area contributed by atoms with Crippen molar-refractivity contribution in [3.8, 4) is 0 Å². The third kappa shape index (κ3) is 15.1. The fourth-order valence-corrected chi connectivity index (χ4v) is 2.55. The highest BCUT2D eigenvalue weighted by Gasteiger charge is 2.02. The fourth-order valence-electron chi connectivity index (χ4n) is 0.897. The standard InChI is InChI=1S/C11H19NO5S2/c1-9(13)3-4-12-11(15)17-6-8-19-18-7-5-16-10(2)14/h3-8H2,1-2H3,(H,12,15). The number of Topliss-reactive ketones (excluding diaryl/α,β-unsaturated/α-hetero) is 1. The minimum Gasteiger partial charge on any atom is -0.465 e. The SMILES string of the molecule is CC(=O)CCNC(=O)OCCSSCCOC(C)=O. The van der Waals surface area contributed by atoms with Crippen molar-refractivity contribution in [2.24, 2.45) is 0 Å². The lowest BCUT2D eigenvalue weighted by molar-refractivity contribution is -0.140. The van der Waals surface area contributed by atoms with Crippen molar-refractivity contribution in [2.45, 2.75) is 20.3 Å². The molecule has 0 saturated heterocycles. The van der Waals surface area contributed by atoms with Crippen LogP contribution >= 0.6 is 21.6 Å². The highest BCUT2D eigenvalue weighted by atomic mass is 33.1. The predicted molar refractivity (Wildman–Crippen MR) is 76.2 cm³/mol. The summed E-state index contributed by atoms with van der Waals surface area (Å²) in [6.07, 6.45) is -0.192. The lowest BCUT2D eigenvalue weighted by Crippen LogP contribution is -2.27. The van der Waals surface area contributed by atoms with Crippen LogP contribution in [0.4, 0.5) is 4.79 Å². The summed E-state index contributed by atoms with van der Waals surface area (Å²) in [4.78, 5) is 32.2. The summed E-state index contributed by atoms with van der Waals surface area (Å²) >= 11 is 0. The second kappa shape index (κ2) is 12.2. The molecule has 110 valence electrons. The van der Waals surface area contributed by atoms with Crippen LogP contribution in [0.15, 0.2) is 0 Å². The van der Waals surface area contributed by atoms with E-state index in [1.807, 2.05) is 0 Å². The van der Waals surface area contributed by atoms with E-state index in [4.69, 9.17) is 9.47 Å². The number of ether oxygens (including phenoxy) is 2. The van der Waals surface area contributed by atoms with Crippen molar-refractivity contribution in [2.75, 3.05) is 31.3 Å². The van der Waals surface area contributed by atoms with Gasteiger partial charge >= 0.3 is 12.1 Å². The fraction of sp³-hybridized carbons (Fsp3) is 0.727. The predicted octanol–water partition coefficient (Wildman–Crippen LogP) is 1.64. The van der Waals surface area contributed by atoms with Gasteiger partial charge in [-0.05, 0) is 6.92 Å². The third-order valence-electron chi connectivity index (χ3n) is 1.70. The number of rotatable bonds is 10. The molecule has 6 nitrogen and oxygen atoms in total. The van der Waals surface area contributed by atoms with E-state index in [9.17, 15) is 14.4 Å². The summed E-state index contributed by atoms with van der Waals surface area (Å²) in [7, 11) is 3.09. The second-order valence-electron chi connectivity index (χ2n) is 3.50. The Bertz CT molecular complexity index is 299. The molecule has 0 aromatic heterocycles. The molecule has 1 amide bonds. The first-order valence-corrected chi connectivity index (χ1v) is 8.29. The molecule has 0 aromatic rings. The van der Waals surface area contributed by atoms with Crippen LogP contribution in [-0.4, -0.2) is 49.1 Å². The number of hydrogen-bond acceptors (Lipinski definition) is 7. The second-order valence-corrected chi connectivity index (χ2v) is 6.20. The number of esters is 1. The molecule has 0 bridgehead atoms. The van der Waals surface area contributed by atoms with Gasteiger partial charge in [0, 0.05) is 31.4 Å². The van der Waals surface area contributed by atoms with Crippen LogP contribution in [0.2, 0.25) is 0 Å². The number of carbonyl (C=O) groups is 3. The summed E-state index contributed by atoms with van der Waals surface area (Å²) in [6, 6.07) is 0. The van der Waals surface area contributed by atoms with Crippen molar-refractivity contribution in [3.05, 3.63) is 0 Å². The van der Waals surface area contributed by atoms with Gasteiger partial charge in [-0.25, -0.2) is 4.79 Å². The molecular formula is C11H19NO5S2. The van der Waals surface area contributed by atoms with Crippen LogP contribution in [0.1, 0.15) is 20.3 Å². The van der Waals surface area contributed by atoms with E-state index in [-0.39, 0.29) is 11.8 Å². The lowest BCUT2D eigenvalue weighted by Gasteiger charge is -2.06. The molecule has 0 saturated carbocycles. The summed E-state index contributed by atoms with van der Waals surface area (Å²) in [6.45, 7) is 3.84. The summed E-state index contributed by atoms with van der Waals surface area (Å²) < 4.78 is 9.64. The Hall–Kier alpha value is -0.890. The average molecular weight is 309 g/mol. The zero-order valence-electron chi connectivity index (χ0n) is 11.1. The Morgan fingerprint density at radius 2 is 1.58 bits per heavy atom. The summed E-state index contributed by atoms with van der Waals surface area (Å²) in [5, 5.41) is 2.48. The first-order chi connectivity index (χ1) is 9.02. The van der Waals surface area contributed by atoms with E-state index in [0.29, 0.717) is 37.7 Å². The number of amides is 1. The van der Waals surface area contributed by atoms with E-state index in [0.717, 1.165) is 0 Å². The van der Waals surface area contributed by atoms with Crippen molar-refractivity contribution < 1.29 is 23.9 Å². The maximum Gasteiger partial charge on any atom is 0.407 e. The summed E-state index contributed by atoms with van der Waals surface area (Å²) in [5.41, 5.74) is 0. The van der Waals surface area contributed by atoms with Crippen molar-refractivity contribution in [1.29, 1.82) is 0 Å². The highest BCUT2D eigenvalue weighted by molar-refractivity contribution is 8.76. The average Bonchev–Trinajstić information content (AvgIpc) is 2.31. The number of hydrogen-bond donors (Lipinski definition) is 1. The van der Waals surface area contributed by atoms with Gasteiger partial charge in [-0.1, -0.05) is 21.6 Å². The van der Waals surface area contributed by atoms with Crippen LogP contribution in [0.3, 0.4) is 0 Å². The van der Waals surface area contributed by atoms with Crippen molar-refractivity contribution in [1.82, 2.24) is 5.32 Å². The molecule has 19 heavy (non-hydrogen) atoms. The Kier molecular flexibility index (Phi) is 11.6. The van der Waals surface area contributed by atoms with Gasteiger partial charge in [-0.2, -0.15) is 0 Å². The third-order valence-corrected chi connectivity index (χ3v) is 4.03. The first-order valence-electron chi connectivity index (χ1n) is 5.80. The van der Waals surface area contributed by atoms with Gasteiger partial charge in [-0.15, -0.1) is 0 Å². The zero-order chi connectivity index (χ0) is 14.5. The molecule has 0 radical (unpaired) electrons. The molecule has 0 heterocycles. The van der Waals surface area contributed by atoms with Gasteiger partial charge in [0.2, 0.25) is 0 Å². The van der Waals surface area contributed by atoms with Crippen LogP contribution in [0, 0.1) is 0 Å². The van der Waals surface area contributed by atoms with Crippen LogP contribution < -0.4 is 5.32 Å². The molecule has 0 spiro atoms. The molecule has 0 rings (SSSR count). The zero-order valence-corrected chi connectivity index (χ0v) is 12.7. The Morgan fingerprint density at radius 3 is 2.11 bits per heavy atom. The summed E-state index contributed by atoms with van der Waals surface area (Å²) in [5.74, 6) is 1.11. The molecule has 0 aliphatic rings. The Balaban J connectivity index is 3.23. The monoisotopic (exact) mass is 309 g/mol. The van der Waals surface area contributed by atoms with Crippen LogP contribution in [-0.2, 0) is 19.1 Å². The largest absolute Gasteiger partial charge is 0.465 e. The normalized spacial score (nSPS) is 9.79. The van der Waals surface area contributed by atoms with Gasteiger partial charge in [0.25, 0.3) is 0 Å². The number of ketones is 1. The molecule has 1 N–H and O–H groups in total. The van der Waals surface area contributed by atoms with E-state index in [2.05, 4.69) is 5.32 Å². The van der Waals surface area contributed by atoms with Crippen molar-refractivity contribution in [3.63, 3.8) is 0 Å². The van der Waals surface area contributed by atoms with Gasteiger partial charge in [-0.3, -0.25) is 9.59 Å². The molecule has 8 heteroatoms. The number of carbonyl (C=O) groups excluding carboxylic acids is 3. The smallest absolute Gasteiger partial charge is 0.407 e. The van der Waals surface area contributed by atoms with Gasteiger partial charge < -0.3 is 14.8 Å². The van der Waals surface area contributed by atoms with Crippen molar-refractivity contribution >= 4 is 39.4 Å². The molecule has 0 atom stereocenters. The van der Waals surface area contributed by atoms with Crippen LogP contribution in [0.25, 0.3) is 0 Å². The first kappa shape index (κ1) is 18.1. The maximum atomic E-state index is 11.1. The van der Waals surface area contributed by atoms with E-state index >= 15 is 0 Å². The highest BCUT2D eigenvalue weighted by Crippen LogP contribution is 2.20. The molecule has 0 aromatic carbocycles. The van der Waals surface area contributed by atoms with Gasteiger partial charge in [0.05, 0.1) is 0 Å². The molecule has 0 fully saturated rings. The minimum atomic E-state index is -0.508. The Morgan fingerprint density at radius 1 is 1.00 bits per heavy atom. The molecule has 0 aliphatic heterocycles. The topological polar surface area (TPSA) is 81.7 Å². The van der Waals surface area contributed by atoms with E-state index in [1.165, 1.54) is 13.8 Å². The molecule has 0 aliphatic carbocycles. The Labute approximate surface area is 120 Å². The van der Waals surface area contributed by atoms with Gasteiger partial charge in [0.1, 0.15) is 19.0 Å². The van der Waals surface area contributed by atoms with E-state index < -0.39 is 6.09 Å². The lowest BCUT2D eigenvalue weighted by atomic mass is 10.3. The molecular weight excluding hydrogens is 290 g/mol. The number of alkyl carbamates (subject to hydrolysis) is 1. The van der Waals surface area contributed by atoms with Gasteiger partial charge in [0.15, 0.2) is 0 Å². The quantitative estimate of drug-likeness (QED) is 0.373. The van der Waals surface area contributed by atoms with Crippen LogP contribution in [0.5, 0.6) is 0 Å².